The zero-order valence-corrected chi connectivity index (χ0v) is 9.86. The lowest BCUT2D eigenvalue weighted by molar-refractivity contribution is 0.0996. The van der Waals surface area contributed by atoms with Crippen LogP contribution in [0, 0.1) is 5.82 Å². The van der Waals surface area contributed by atoms with Gasteiger partial charge in [0, 0.05) is 10.6 Å². The Hall–Kier alpha value is -2.15. The maximum atomic E-state index is 13.6. The van der Waals surface area contributed by atoms with Gasteiger partial charge in [-0.15, -0.1) is 5.10 Å². The summed E-state index contributed by atoms with van der Waals surface area (Å²) in [5, 5.41) is 7.39. The zero-order valence-electron chi connectivity index (χ0n) is 9.10. The third-order valence-corrected chi connectivity index (χ3v) is 2.73. The molecule has 18 heavy (non-hydrogen) atoms. The number of halogens is 2. The normalized spacial score (nSPS) is 10.6. The van der Waals surface area contributed by atoms with Crippen molar-refractivity contribution in [3.8, 4) is 0 Å². The lowest BCUT2D eigenvalue weighted by atomic mass is 10.2. The molecule has 1 aromatic heterocycles. The van der Waals surface area contributed by atoms with Crippen molar-refractivity contribution in [2.75, 3.05) is 5.73 Å². The molecule has 1 amide bonds. The molecule has 0 fully saturated rings. The van der Waals surface area contributed by atoms with Gasteiger partial charge in [-0.25, -0.2) is 9.07 Å². The molecular formula is C10H9ClFN5O. The van der Waals surface area contributed by atoms with E-state index in [1.807, 2.05) is 0 Å². The highest BCUT2D eigenvalue weighted by Crippen LogP contribution is 2.21. The first-order valence-corrected chi connectivity index (χ1v) is 5.30. The molecule has 0 unspecified atom stereocenters. The number of rotatable bonds is 3. The van der Waals surface area contributed by atoms with Gasteiger partial charge in [-0.3, -0.25) is 4.79 Å². The van der Waals surface area contributed by atoms with E-state index in [-0.39, 0.29) is 28.6 Å². The SMILES string of the molecule is NC(=O)c1nnn(Cc2c(F)cccc2Cl)c1N. The molecule has 6 nitrogen and oxygen atoms in total. The van der Waals surface area contributed by atoms with Gasteiger partial charge >= 0.3 is 0 Å². The van der Waals surface area contributed by atoms with Crippen LogP contribution in [-0.4, -0.2) is 20.9 Å². The van der Waals surface area contributed by atoms with Crippen molar-refractivity contribution in [3.05, 3.63) is 40.3 Å². The minimum absolute atomic E-state index is 0.0261. The number of nitrogen functional groups attached to an aromatic ring is 1. The topological polar surface area (TPSA) is 99.8 Å². The molecule has 0 aliphatic carbocycles. The van der Waals surface area contributed by atoms with Crippen molar-refractivity contribution < 1.29 is 9.18 Å². The fourth-order valence-electron chi connectivity index (χ4n) is 1.45. The predicted octanol–water partition coefficient (Wildman–Crippen LogP) is 0.800. The lowest BCUT2D eigenvalue weighted by Crippen LogP contribution is -2.15. The molecule has 0 saturated heterocycles. The highest BCUT2D eigenvalue weighted by atomic mass is 35.5. The standard InChI is InChI=1S/C10H9ClFN5O/c11-6-2-1-3-7(12)5(6)4-17-9(13)8(10(14)18)15-16-17/h1-3H,4,13H2,(H2,14,18). The number of aromatic nitrogens is 3. The smallest absolute Gasteiger partial charge is 0.273 e. The maximum absolute atomic E-state index is 13.6. The molecule has 1 heterocycles. The Bertz CT molecular complexity index is 592. The van der Waals surface area contributed by atoms with Crippen molar-refractivity contribution in [1.29, 1.82) is 0 Å². The predicted molar refractivity (Wildman–Crippen MR) is 63.5 cm³/mol. The summed E-state index contributed by atoms with van der Waals surface area (Å²) in [7, 11) is 0. The summed E-state index contributed by atoms with van der Waals surface area (Å²) in [6.07, 6.45) is 0. The van der Waals surface area contributed by atoms with Gasteiger partial charge in [0.25, 0.3) is 5.91 Å². The van der Waals surface area contributed by atoms with Crippen LogP contribution in [0.1, 0.15) is 16.1 Å². The van der Waals surface area contributed by atoms with Gasteiger partial charge in [-0.2, -0.15) is 0 Å². The summed E-state index contributed by atoms with van der Waals surface area (Å²) in [5.74, 6) is -1.31. The third-order valence-electron chi connectivity index (χ3n) is 2.38. The minimum Gasteiger partial charge on any atom is -0.382 e. The molecule has 0 aliphatic heterocycles. The van der Waals surface area contributed by atoms with Crippen LogP contribution in [0.4, 0.5) is 10.2 Å². The van der Waals surface area contributed by atoms with E-state index in [0.29, 0.717) is 0 Å². The fraction of sp³-hybridized carbons (Fsp3) is 0.100. The van der Waals surface area contributed by atoms with E-state index in [0.717, 1.165) is 4.68 Å². The van der Waals surface area contributed by atoms with Crippen molar-refractivity contribution in [2.24, 2.45) is 5.73 Å². The van der Waals surface area contributed by atoms with Gasteiger partial charge in [-0.05, 0) is 12.1 Å². The van der Waals surface area contributed by atoms with Crippen LogP contribution in [0.2, 0.25) is 5.02 Å². The molecule has 8 heteroatoms. The molecule has 1 aromatic carbocycles. The van der Waals surface area contributed by atoms with Crippen LogP contribution in [-0.2, 0) is 6.54 Å². The van der Waals surface area contributed by atoms with E-state index < -0.39 is 11.7 Å². The van der Waals surface area contributed by atoms with Gasteiger partial charge in [-0.1, -0.05) is 22.9 Å². The molecular weight excluding hydrogens is 261 g/mol. The molecule has 2 rings (SSSR count). The van der Waals surface area contributed by atoms with Gasteiger partial charge in [0.05, 0.1) is 6.54 Å². The Morgan fingerprint density at radius 3 is 2.78 bits per heavy atom. The quantitative estimate of drug-likeness (QED) is 0.861. The van der Waals surface area contributed by atoms with Crippen LogP contribution < -0.4 is 11.5 Å². The van der Waals surface area contributed by atoms with Crippen LogP contribution >= 0.6 is 11.6 Å². The highest BCUT2D eigenvalue weighted by Gasteiger charge is 2.16. The molecule has 4 N–H and O–H groups in total. The first kappa shape index (κ1) is 12.3. The Morgan fingerprint density at radius 1 is 1.50 bits per heavy atom. The number of carbonyl (C=O) groups excluding carboxylic acids is 1. The monoisotopic (exact) mass is 269 g/mol. The molecule has 0 radical (unpaired) electrons. The molecule has 0 bridgehead atoms. The second-order valence-electron chi connectivity index (χ2n) is 3.55. The summed E-state index contributed by atoms with van der Waals surface area (Å²) in [6.45, 7) is -0.0301. The van der Waals surface area contributed by atoms with E-state index in [9.17, 15) is 9.18 Å². The number of primary amides is 1. The first-order chi connectivity index (χ1) is 8.50. The van der Waals surface area contributed by atoms with Crippen LogP contribution in [0.15, 0.2) is 18.2 Å². The summed E-state index contributed by atoms with van der Waals surface area (Å²) < 4.78 is 14.7. The largest absolute Gasteiger partial charge is 0.382 e. The number of carbonyl (C=O) groups is 1. The lowest BCUT2D eigenvalue weighted by Gasteiger charge is -2.06. The third kappa shape index (κ3) is 2.12. The fourth-order valence-corrected chi connectivity index (χ4v) is 1.67. The summed E-state index contributed by atoms with van der Waals surface area (Å²) >= 11 is 5.87. The number of hydrogen-bond acceptors (Lipinski definition) is 4. The van der Waals surface area contributed by atoms with Crippen LogP contribution in [0.25, 0.3) is 0 Å². The number of anilines is 1. The Kier molecular flexibility index (Phi) is 3.15. The average molecular weight is 270 g/mol. The van der Waals surface area contributed by atoms with Crippen molar-refractivity contribution >= 4 is 23.3 Å². The number of benzene rings is 1. The van der Waals surface area contributed by atoms with E-state index in [1.54, 1.807) is 6.07 Å². The highest BCUT2D eigenvalue weighted by molar-refractivity contribution is 6.31. The maximum Gasteiger partial charge on any atom is 0.273 e. The second kappa shape index (κ2) is 4.61. The Balaban J connectivity index is 2.38. The van der Waals surface area contributed by atoms with E-state index in [4.69, 9.17) is 23.1 Å². The average Bonchev–Trinajstić information content (AvgIpc) is 2.66. The van der Waals surface area contributed by atoms with Crippen LogP contribution in [0.3, 0.4) is 0 Å². The van der Waals surface area contributed by atoms with Gasteiger partial charge < -0.3 is 11.5 Å². The van der Waals surface area contributed by atoms with Gasteiger partial charge in [0.15, 0.2) is 11.5 Å². The second-order valence-corrected chi connectivity index (χ2v) is 3.95. The summed E-state index contributed by atoms with van der Waals surface area (Å²) in [6, 6.07) is 4.30. The Labute approximate surface area is 106 Å². The van der Waals surface area contributed by atoms with E-state index >= 15 is 0 Å². The van der Waals surface area contributed by atoms with E-state index in [2.05, 4.69) is 10.3 Å². The van der Waals surface area contributed by atoms with Crippen molar-refractivity contribution in [3.63, 3.8) is 0 Å². The number of nitrogens with two attached hydrogens (primary N) is 2. The molecule has 0 saturated carbocycles. The number of hydrogen-bond donors (Lipinski definition) is 2. The summed E-state index contributed by atoms with van der Waals surface area (Å²) in [5.41, 5.74) is 10.7. The Morgan fingerprint density at radius 2 is 2.22 bits per heavy atom. The molecule has 0 atom stereocenters. The minimum atomic E-state index is -0.793. The summed E-state index contributed by atoms with van der Waals surface area (Å²) in [4.78, 5) is 10.9. The van der Waals surface area contributed by atoms with Gasteiger partial charge in [0.2, 0.25) is 0 Å². The molecule has 0 aliphatic rings. The first-order valence-electron chi connectivity index (χ1n) is 4.92. The number of nitrogens with zero attached hydrogens (tertiary/aromatic N) is 3. The molecule has 94 valence electrons. The molecule has 0 spiro atoms. The van der Waals surface area contributed by atoms with E-state index in [1.165, 1.54) is 12.1 Å². The van der Waals surface area contributed by atoms with Crippen molar-refractivity contribution in [1.82, 2.24) is 15.0 Å². The van der Waals surface area contributed by atoms with Crippen molar-refractivity contribution in [2.45, 2.75) is 6.54 Å². The molecule has 2 aromatic rings. The van der Waals surface area contributed by atoms with Gasteiger partial charge in [0.1, 0.15) is 5.82 Å². The zero-order chi connectivity index (χ0) is 13.3. The number of amides is 1. The van der Waals surface area contributed by atoms with Crippen LogP contribution in [0.5, 0.6) is 0 Å².